The van der Waals surface area contributed by atoms with Crippen LogP contribution in [0.1, 0.15) is 41.4 Å². The molecule has 124 valence electrons. The van der Waals surface area contributed by atoms with Crippen LogP contribution in [0, 0.1) is 20.8 Å². The summed E-state index contributed by atoms with van der Waals surface area (Å²) in [4.78, 5) is 11.5. The average Bonchev–Trinajstić information content (AvgIpc) is 2.95. The molecule has 3 aromatic rings. The first kappa shape index (κ1) is 15.1. The van der Waals surface area contributed by atoms with Gasteiger partial charge >= 0.3 is 0 Å². The minimum Gasteiger partial charge on any atom is -0.355 e. The van der Waals surface area contributed by atoms with E-state index in [1.54, 1.807) is 0 Å². The van der Waals surface area contributed by atoms with Crippen molar-refractivity contribution in [1.29, 1.82) is 0 Å². The second kappa shape index (κ2) is 5.89. The van der Waals surface area contributed by atoms with E-state index in [9.17, 15) is 0 Å². The molecule has 0 bridgehead atoms. The Morgan fingerprint density at radius 1 is 1.12 bits per heavy atom. The molecule has 1 aliphatic rings. The highest BCUT2D eigenvalue weighted by Crippen LogP contribution is 2.34. The molecule has 24 heavy (non-hydrogen) atoms. The van der Waals surface area contributed by atoms with Gasteiger partial charge in [0.25, 0.3) is 5.71 Å². The molecule has 4 rings (SSSR count). The summed E-state index contributed by atoms with van der Waals surface area (Å²) in [5.41, 5.74) is 4.27. The van der Waals surface area contributed by atoms with Crippen LogP contribution in [0.15, 0.2) is 28.8 Å². The standard InChI is InChI=1S/C19H22N4O/c1-12-7-4-5-9-16(12)15-8-6-10-23(11-15)18-17-13(2)22-24-19(17)21-14(3)20-18/h4-5,7,9,15H,6,8,10-11H2,1-3H3/t15-/m0/s1. The Hall–Kier alpha value is -2.43. The number of hydrogen-bond acceptors (Lipinski definition) is 5. The van der Waals surface area contributed by atoms with Crippen LogP contribution in [-0.2, 0) is 0 Å². The van der Waals surface area contributed by atoms with Crippen LogP contribution in [0.2, 0.25) is 0 Å². The third-order valence-corrected chi connectivity index (χ3v) is 4.95. The first-order valence-electron chi connectivity index (χ1n) is 8.54. The number of anilines is 1. The zero-order valence-electron chi connectivity index (χ0n) is 14.4. The quantitative estimate of drug-likeness (QED) is 0.715. The molecule has 1 saturated heterocycles. The fraction of sp³-hybridized carbons (Fsp3) is 0.421. The van der Waals surface area contributed by atoms with Crippen molar-refractivity contribution in [2.75, 3.05) is 18.0 Å². The summed E-state index contributed by atoms with van der Waals surface area (Å²) in [6.45, 7) is 8.05. The summed E-state index contributed by atoms with van der Waals surface area (Å²) < 4.78 is 5.36. The smallest absolute Gasteiger partial charge is 0.263 e. The molecule has 0 aliphatic carbocycles. The average molecular weight is 322 g/mol. The molecule has 1 atom stereocenters. The lowest BCUT2D eigenvalue weighted by molar-refractivity contribution is 0.442. The maximum atomic E-state index is 5.36. The summed E-state index contributed by atoms with van der Waals surface area (Å²) >= 11 is 0. The number of nitrogens with zero attached hydrogens (tertiary/aromatic N) is 4. The van der Waals surface area contributed by atoms with Crippen LogP contribution >= 0.6 is 0 Å². The van der Waals surface area contributed by atoms with Gasteiger partial charge in [-0.3, -0.25) is 0 Å². The zero-order valence-corrected chi connectivity index (χ0v) is 14.4. The van der Waals surface area contributed by atoms with Gasteiger partial charge in [0.15, 0.2) is 0 Å². The molecule has 0 saturated carbocycles. The third kappa shape index (κ3) is 2.54. The van der Waals surface area contributed by atoms with Crippen molar-refractivity contribution in [3.8, 4) is 0 Å². The van der Waals surface area contributed by atoms with E-state index in [2.05, 4.69) is 46.2 Å². The van der Waals surface area contributed by atoms with Crippen molar-refractivity contribution in [1.82, 2.24) is 15.1 Å². The molecule has 5 nitrogen and oxygen atoms in total. The molecule has 3 heterocycles. The number of aryl methyl sites for hydroxylation is 3. The van der Waals surface area contributed by atoms with Crippen LogP contribution < -0.4 is 4.90 Å². The molecule has 1 aromatic carbocycles. The van der Waals surface area contributed by atoms with Gasteiger partial charge in [0.05, 0.1) is 5.69 Å². The summed E-state index contributed by atoms with van der Waals surface area (Å²) in [5, 5.41) is 5.03. The molecular formula is C19H22N4O. The molecule has 2 aromatic heterocycles. The normalized spacial score (nSPS) is 18.3. The second-order valence-corrected chi connectivity index (χ2v) is 6.68. The van der Waals surface area contributed by atoms with Crippen molar-refractivity contribution >= 4 is 16.9 Å². The van der Waals surface area contributed by atoms with Gasteiger partial charge < -0.3 is 9.42 Å². The zero-order chi connectivity index (χ0) is 16.7. The van der Waals surface area contributed by atoms with Gasteiger partial charge in [-0.15, -0.1) is 0 Å². The molecule has 1 fully saturated rings. The van der Waals surface area contributed by atoms with Crippen LogP contribution in [0.5, 0.6) is 0 Å². The highest BCUT2D eigenvalue weighted by Gasteiger charge is 2.26. The van der Waals surface area contributed by atoms with E-state index in [0.29, 0.717) is 11.6 Å². The van der Waals surface area contributed by atoms with Crippen molar-refractivity contribution < 1.29 is 4.52 Å². The van der Waals surface area contributed by atoms with Crippen molar-refractivity contribution in [3.05, 3.63) is 46.9 Å². The lowest BCUT2D eigenvalue weighted by atomic mass is 9.88. The van der Waals surface area contributed by atoms with Crippen molar-refractivity contribution in [2.45, 2.75) is 39.5 Å². The van der Waals surface area contributed by atoms with Crippen LogP contribution in [-0.4, -0.2) is 28.2 Å². The number of piperidine rings is 1. The summed E-state index contributed by atoms with van der Waals surface area (Å²) in [6.07, 6.45) is 2.38. The van der Waals surface area contributed by atoms with Crippen LogP contribution in [0.25, 0.3) is 11.1 Å². The molecular weight excluding hydrogens is 300 g/mol. The van der Waals surface area contributed by atoms with Crippen molar-refractivity contribution in [2.24, 2.45) is 0 Å². The number of rotatable bonds is 2. The number of hydrogen-bond donors (Lipinski definition) is 0. The first-order valence-corrected chi connectivity index (χ1v) is 8.54. The Labute approximate surface area is 141 Å². The summed E-state index contributed by atoms with van der Waals surface area (Å²) in [5.74, 6) is 2.23. The molecule has 1 aliphatic heterocycles. The molecule has 0 spiro atoms. The van der Waals surface area contributed by atoms with Crippen LogP contribution in [0.3, 0.4) is 0 Å². The predicted molar refractivity (Wildman–Crippen MR) is 94.4 cm³/mol. The summed E-state index contributed by atoms with van der Waals surface area (Å²) in [7, 11) is 0. The Kier molecular flexibility index (Phi) is 3.71. The SMILES string of the molecule is Cc1nc(N2CCC[C@H](c3ccccc3C)C2)c2c(C)noc2n1. The van der Waals surface area contributed by atoms with E-state index in [1.807, 2.05) is 13.8 Å². The van der Waals surface area contributed by atoms with Gasteiger partial charge in [0.1, 0.15) is 17.0 Å². The number of aromatic nitrogens is 3. The Morgan fingerprint density at radius 2 is 1.96 bits per heavy atom. The topological polar surface area (TPSA) is 55.1 Å². The fourth-order valence-corrected chi connectivity index (χ4v) is 3.77. The van der Waals surface area contributed by atoms with Crippen molar-refractivity contribution in [3.63, 3.8) is 0 Å². The minimum atomic E-state index is 0.533. The highest BCUT2D eigenvalue weighted by atomic mass is 16.5. The highest BCUT2D eigenvalue weighted by molar-refractivity contribution is 5.88. The Morgan fingerprint density at radius 3 is 2.79 bits per heavy atom. The van der Waals surface area contributed by atoms with Gasteiger partial charge in [-0.1, -0.05) is 29.4 Å². The molecule has 5 heteroatoms. The Bertz CT molecular complexity index is 886. The molecule has 0 amide bonds. The maximum Gasteiger partial charge on any atom is 0.263 e. The second-order valence-electron chi connectivity index (χ2n) is 6.68. The predicted octanol–water partition coefficient (Wildman–Crippen LogP) is 3.93. The molecule has 0 radical (unpaired) electrons. The van der Waals surface area contributed by atoms with E-state index in [4.69, 9.17) is 9.51 Å². The van der Waals surface area contributed by atoms with E-state index < -0.39 is 0 Å². The van der Waals surface area contributed by atoms with Gasteiger partial charge in [0.2, 0.25) is 0 Å². The van der Waals surface area contributed by atoms with Gasteiger partial charge in [0, 0.05) is 19.0 Å². The minimum absolute atomic E-state index is 0.533. The lowest BCUT2D eigenvalue weighted by Gasteiger charge is -2.34. The van der Waals surface area contributed by atoms with Gasteiger partial charge in [-0.2, -0.15) is 4.98 Å². The first-order chi connectivity index (χ1) is 11.6. The van der Waals surface area contributed by atoms with Crippen LogP contribution in [0.4, 0.5) is 5.82 Å². The fourth-order valence-electron chi connectivity index (χ4n) is 3.77. The number of fused-ring (bicyclic) bond motifs is 1. The third-order valence-electron chi connectivity index (χ3n) is 4.95. The maximum absolute atomic E-state index is 5.36. The summed E-state index contributed by atoms with van der Waals surface area (Å²) in [6, 6.07) is 8.70. The van der Waals surface area contributed by atoms with E-state index >= 15 is 0 Å². The molecule has 0 N–H and O–H groups in total. The number of benzene rings is 1. The van der Waals surface area contributed by atoms with Gasteiger partial charge in [-0.05, 0) is 44.7 Å². The molecule has 0 unspecified atom stereocenters. The lowest BCUT2D eigenvalue weighted by Crippen LogP contribution is -2.35. The monoisotopic (exact) mass is 322 g/mol. The Balaban J connectivity index is 1.72. The van der Waals surface area contributed by atoms with E-state index in [-0.39, 0.29) is 0 Å². The van der Waals surface area contributed by atoms with E-state index in [0.717, 1.165) is 42.2 Å². The van der Waals surface area contributed by atoms with E-state index in [1.165, 1.54) is 17.5 Å². The largest absolute Gasteiger partial charge is 0.355 e. The van der Waals surface area contributed by atoms with Gasteiger partial charge in [-0.25, -0.2) is 4.98 Å².